The highest BCUT2D eigenvalue weighted by Gasteiger charge is 2.47. The van der Waals surface area contributed by atoms with Crippen molar-refractivity contribution < 1.29 is 19.2 Å². The van der Waals surface area contributed by atoms with Gasteiger partial charge in [-0.25, -0.2) is 9.59 Å². The van der Waals surface area contributed by atoms with E-state index >= 15 is 0 Å². The zero-order valence-electron chi connectivity index (χ0n) is 15.8. The molecule has 4 rings (SSSR count). The number of nitrogens with zero attached hydrogens (tertiary/aromatic N) is 4. The van der Waals surface area contributed by atoms with Gasteiger partial charge in [0.05, 0.1) is 17.9 Å². The van der Waals surface area contributed by atoms with Crippen LogP contribution in [0.15, 0.2) is 24.3 Å². The number of nitrogens with one attached hydrogen (secondary N) is 1. The van der Waals surface area contributed by atoms with E-state index in [0.29, 0.717) is 44.0 Å². The Balaban J connectivity index is 1.48. The molecule has 0 spiro atoms. The lowest BCUT2D eigenvalue weighted by Crippen LogP contribution is -2.55. The van der Waals surface area contributed by atoms with Crippen molar-refractivity contribution in [2.45, 2.75) is 25.8 Å². The molecule has 3 aliphatic heterocycles. The number of carbonyl (C=O) groups excluding carboxylic acids is 4. The van der Waals surface area contributed by atoms with Crippen molar-refractivity contribution in [2.75, 3.05) is 42.9 Å². The number of imide groups is 1. The van der Waals surface area contributed by atoms with Gasteiger partial charge in [0.25, 0.3) is 5.91 Å². The molecule has 3 saturated heterocycles. The van der Waals surface area contributed by atoms with Gasteiger partial charge in [-0.15, -0.1) is 0 Å². The summed E-state index contributed by atoms with van der Waals surface area (Å²) in [5, 5.41) is 2.87. The lowest BCUT2D eigenvalue weighted by Gasteiger charge is -2.35. The van der Waals surface area contributed by atoms with Crippen LogP contribution in [0.4, 0.5) is 21.0 Å². The maximum absolute atomic E-state index is 12.8. The summed E-state index contributed by atoms with van der Waals surface area (Å²) in [6.45, 7) is 3.56. The van der Waals surface area contributed by atoms with Crippen LogP contribution in [0.2, 0.25) is 0 Å². The average Bonchev–Trinajstić information content (AvgIpc) is 3.23. The topological polar surface area (TPSA) is 93.3 Å². The smallest absolute Gasteiger partial charge is 0.320 e. The zero-order chi connectivity index (χ0) is 19.8. The molecule has 0 saturated carbocycles. The number of urea groups is 2. The fourth-order valence-electron chi connectivity index (χ4n) is 4.04. The number of hydrogen-bond donors (Lipinski definition) is 1. The molecule has 6 amide bonds. The molecule has 3 fully saturated rings. The number of amides is 6. The van der Waals surface area contributed by atoms with Crippen LogP contribution >= 0.6 is 0 Å². The first kappa shape index (κ1) is 18.3. The number of piperazine rings is 1. The van der Waals surface area contributed by atoms with Crippen molar-refractivity contribution >= 4 is 35.3 Å². The number of hydrogen-bond acceptors (Lipinski definition) is 4. The Morgan fingerprint density at radius 3 is 2.64 bits per heavy atom. The van der Waals surface area contributed by atoms with Crippen LogP contribution in [0.3, 0.4) is 0 Å². The first-order valence-electron chi connectivity index (χ1n) is 9.58. The van der Waals surface area contributed by atoms with Crippen LogP contribution in [0.1, 0.15) is 19.8 Å². The van der Waals surface area contributed by atoms with Gasteiger partial charge >= 0.3 is 12.1 Å². The van der Waals surface area contributed by atoms with E-state index in [-0.39, 0.29) is 30.4 Å². The van der Waals surface area contributed by atoms with E-state index in [1.807, 2.05) is 12.1 Å². The fraction of sp³-hybridized carbons (Fsp3) is 0.474. The van der Waals surface area contributed by atoms with E-state index < -0.39 is 6.04 Å². The summed E-state index contributed by atoms with van der Waals surface area (Å²) < 4.78 is 0. The summed E-state index contributed by atoms with van der Waals surface area (Å²) in [4.78, 5) is 55.6. The summed E-state index contributed by atoms with van der Waals surface area (Å²) in [6.07, 6.45) is 1.31. The van der Waals surface area contributed by atoms with Crippen molar-refractivity contribution in [1.29, 1.82) is 0 Å². The van der Waals surface area contributed by atoms with Gasteiger partial charge in [0.2, 0.25) is 5.91 Å². The molecule has 9 nitrogen and oxygen atoms in total. The number of likely N-dealkylation sites (N-methyl/N-ethyl adjacent to an activating group) is 1. The molecular weight excluding hydrogens is 362 g/mol. The van der Waals surface area contributed by atoms with Crippen molar-refractivity contribution in [3.8, 4) is 0 Å². The second kappa shape index (κ2) is 7.14. The lowest BCUT2D eigenvalue weighted by atomic mass is 10.2. The lowest BCUT2D eigenvalue weighted by molar-refractivity contribution is -0.129. The van der Waals surface area contributed by atoms with Gasteiger partial charge in [-0.3, -0.25) is 14.5 Å². The van der Waals surface area contributed by atoms with E-state index in [0.717, 1.165) is 6.42 Å². The number of benzene rings is 1. The fourth-order valence-corrected chi connectivity index (χ4v) is 4.04. The summed E-state index contributed by atoms with van der Waals surface area (Å²) in [7, 11) is 0. The summed E-state index contributed by atoms with van der Waals surface area (Å²) >= 11 is 0. The number of fused-ring (bicyclic) bond motifs is 1. The van der Waals surface area contributed by atoms with Gasteiger partial charge in [0.15, 0.2) is 0 Å². The minimum atomic E-state index is -0.623. The molecule has 1 aromatic carbocycles. The normalized spacial score (nSPS) is 22.2. The molecule has 1 unspecified atom stereocenters. The van der Waals surface area contributed by atoms with Gasteiger partial charge < -0.3 is 20.0 Å². The second-order valence-corrected chi connectivity index (χ2v) is 7.12. The second-order valence-electron chi connectivity index (χ2n) is 7.12. The summed E-state index contributed by atoms with van der Waals surface area (Å²) in [5.74, 6) is -0.210. The first-order valence-corrected chi connectivity index (χ1v) is 9.58. The molecule has 1 aromatic rings. The number of anilines is 2. The van der Waals surface area contributed by atoms with Crippen molar-refractivity contribution in [3.63, 3.8) is 0 Å². The van der Waals surface area contributed by atoms with Crippen LogP contribution in [0, 0.1) is 0 Å². The Kier molecular flexibility index (Phi) is 4.66. The van der Waals surface area contributed by atoms with Gasteiger partial charge in [0.1, 0.15) is 6.04 Å². The maximum atomic E-state index is 12.8. The Morgan fingerprint density at radius 1 is 1.14 bits per heavy atom. The number of rotatable bonds is 3. The third-order valence-electron chi connectivity index (χ3n) is 5.52. The van der Waals surface area contributed by atoms with Gasteiger partial charge in [-0.1, -0.05) is 12.1 Å². The molecule has 9 heteroatoms. The van der Waals surface area contributed by atoms with Crippen LogP contribution in [-0.2, 0) is 9.59 Å². The molecule has 0 aromatic heterocycles. The van der Waals surface area contributed by atoms with Crippen molar-refractivity contribution in [3.05, 3.63) is 24.3 Å². The van der Waals surface area contributed by atoms with Gasteiger partial charge in [0, 0.05) is 32.6 Å². The van der Waals surface area contributed by atoms with Crippen molar-refractivity contribution in [2.24, 2.45) is 0 Å². The molecule has 0 radical (unpaired) electrons. The SMILES string of the molecule is CCN1C(=O)C2CN(C(=O)Nc3ccccc3N3CCCC3=O)CCN2C1=O. The largest absolute Gasteiger partial charge is 0.327 e. The van der Waals surface area contributed by atoms with Crippen molar-refractivity contribution in [1.82, 2.24) is 14.7 Å². The average molecular weight is 385 g/mol. The Bertz CT molecular complexity index is 841. The monoisotopic (exact) mass is 385 g/mol. The van der Waals surface area contributed by atoms with E-state index in [2.05, 4.69) is 5.32 Å². The maximum Gasteiger partial charge on any atom is 0.327 e. The predicted molar refractivity (Wildman–Crippen MR) is 102 cm³/mol. The van der Waals surface area contributed by atoms with E-state index in [4.69, 9.17) is 0 Å². The minimum absolute atomic E-state index is 0.0463. The minimum Gasteiger partial charge on any atom is -0.320 e. The van der Waals surface area contributed by atoms with E-state index in [1.165, 1.54) is 9.80 Å². The Hall–Kier alpha value is -3.10. The summed E-state index contributed by atoms with van der Waals surface area (Å²) in [6, 6.07) is 5.97. The third-order valence-corrected chi connectivity index (χ3v) is 5.52. The highest BCUT2D eigenvalue weighted by atomic mass is 16.2. The van der Waals surface area contributed by atoms with Crippen LogP contribution in [0.5, 0.6) is 0 Å². The van der Waals surface area contributed by atoms with Crippen LogP contribution in [0.25, 0.3) is 0 Å². The van der Waals surface area contributed by atoms with Gasteiger partial charge in [-0.05, 0) is 25.5 Å². The quantitative estimate of drug-likeness (QED) is 0.794. The molecule has 148 valence electrons. The predicted octanol–water partition coefficient (Wildman–Crippen LogP) is 1.31. The van der Waals surface area contributed by atoms with Crippen LogP contribution < -0.4 is 10.2 Å². The molecule has 28 heavy (non-hydrogen) atoms. The molecule has 3 aliphatic rings. The van der Waals surface area contributed by atoms with Gasteiger partial charge in [-0.2, -0.15) is 0 Å². The Morgan fingerprint density at radius 2 is 1.93 bits per heavy atom. The highest BCUT2D eigenvalue weighted by Crippen LogP contribution is 2.30. The molecule has 1 N–H and O–H groups in total. The van der Waals surface area contributed by atoms with Crippen LogP contribution in [-0.4, -0.2) is 77.3 Å². The number of para-hydroxylation sites is 2. The molecular formula is C19H23N5O4. The third kappa shape index (κ3) is 2.96. The highest BCUT2D eigenvalue weighted by molar-refractivity contribution is 6.05. The molecule has 3 heterocycles. The van der Waals surface area contributed by atoms with E-state index in [1.54, 1.807) is 28.9 Å². The molecule has 0 bridgehead atoms. The summed E-state index contributed by atoms with van der Waals surface area (Å²) in [5.41, 5.74) is 1.25. The molecule has 0 aliphatic carbocycles. The number of carbonyl (C=O) groups is 4. The molecule has 1 atom stereocenters. The Labute approximate surface area is 162 Å². The standard InChI is InChI=1S/C19H23N5O4/c1-2-22-17(26)15-12-21(10-11-24(15)19(22)28)18(27)20-13-6-3-4-7-14(13)23-9-5-8-16(23)25/h3-4,6-7,15H,2,5,8-12H2,1H3,(H,20,27). The zero-order valence-corrected chi connectivity index (χ0v) is 15.8. The first-order chi connectivity index (χ1) is 13.5. The van der Waals surface area contributed by atoms with E-state index in [9.17, 15) is 19.2 Å².